The van der Waals surface area contributed by atoms with Crippen LogP contribution in [0.1, 0.15) is 34.1 Å². The number of nitrogens with one attached hydrogen (secondary N) is 3. The third-order valence-corrected chi connectivity index (χ3v) is 12.5. The minimum Gasteiger partial charge on any atom is -0.477 e. The summed E-state index contributed by atoms with van der Waals surface area (Å²) in [6.45, 7) is 0.107. The predicted octanol–water partition coefficient (Wildman–Crippen LogP) is -11.3. The van der Waals surface area contributed by atoms with E-state index in [4.69, 9.17) is 42.6 Å². The lowest BCUT2D eigenvalue weighted by molar-refractivity contribution is -0.382. The Morgan fingerprint density at radius 3 is 1.67 bits per heavy atom. The lowest BCUT2D eigenvalue weighted by atomic mass is 9.88. The van der Waals surface area contributed by atoms with Crippen molar-refractivity contribution in [1.82, 2.24) is 16.0 Å². The Hall–Kier alpha value is -3.04. The molecule has 0 aliphatic carbocycles. The second-order valence-corrected chi connectivity index (χ2v) is 17.6. The minimum absolute atomic E-state index is 0.782. The van der Waals surface area contributed by atoms with E-state index in [0.717, 1.165) is 20.8 Å². The Balaban J connectivity index is 1.52. The van der Waals surface area contributed by atoms with Crippen LogP contribution in [0, 0.1) is 0 Å². The number of hydrogen-bond donors (Lipinski definition) is 18. The Bertz CT molecular complexity index is 1760. The molecule has 3 amide bonds. The molecule has 5 saturated heterocycles. The van der Waals surface area contributed by atoms with Gasteiger partial charge in [0.2, 0.25) is 17.7 Å². The molecule has 404 valence electrons. The lowest BCUT2D eigenvalue weighted by Gasteiger charge is -2.51. The minimum atomic E-state index is -2.99. The number of aliphatic carboxylic acids is 1. The molecule has 70 heavy (non-hydrogen) atoms. The number of carboxylic acids is 1. The summed E-state index contributed by atoms with van der Waals surface area (Å²) in [4.78, 5) is 50.3. The SMILES string of the molecule is CC(=O)N[C@@H]1[C@@H](O[C@@H]2O[C@H](CO)[C@@H](O[C@@H]3O[C@H](CO)[C@H](O)[C@H](O)[C@H]3O)[C@H](O[C@@H]3O[C@@H](C)[C@@H](O)[C@@H](O)[C@@H]3O)[C@H]2NC(C)=O)[C@@H](O)[C@@H](CO[C@]2(C(=O)O)C[C@H](O)[C@@H](NC(C)=O)[C@H]([C@H](O)[C@H](O)CO)O2)O[C@@H]1O. The van der Waals surface area contributed by atoms with E-state index in [0.29, 0.717) is 0 Å². The van der Waals surface area contributed by atoms with Gasteiger partial charge in [0.25, 0.3) is 5.79 Å². The highest BCUT2D eigenvalue weighted by Crippen LogP contribution is 2.38. The first-order valence-corrected chi connectivity index (χ1v) is 22.1. The monoisotopic (exact) mass is 1020 g/mol. The van der Waals surface area contributed by atoms with Crippen LogP contribution in [0.15, 0.2) is 0 Å². The average Bonchev–Trinajstić information content (AvgIpc) is 3.30. The quantitative estimate of drug-likeness (QED) is 0.0606. The smallest absolute Gasteiger partial charge is 0.364 e. The molecule has 18 N–H and O–H groups in total. The van der Waals surface area contributed by atoms with Gasteiger partial charge in [0.05, 0.1) is 44.7 Å². The molecule has 0 aromatic carbocycles. The van der Waals surface area contributed by atoms with Crippen LogP contribution in [0.4, 0.5) is 0 Å². The van der Waals surface area contributed by atoms with E-state index < -0.39 is 215 Å². The number of amides is 3. The second-order valence-electron chi connectivity index (χ2n) is 17.6. The number of carbonyl (C=O) groups excluding carboxylic acids is 3. The van der Waals surface area contributed by atoms with Crippen LogP contribution in [-0.4, -0.2) is 286 Å². The van der Waals surface area contributed by atoms with Gasteiger partial charge in [-0.3, -0.25) is 14.4 Å². The molecule has 0 aromatic heterocycles. The Kier molecular flexibility index (Phi) is 20.1. The van der Waals surface area contributed by atoms with E-state index in [-0.39, 0.29) is 0 Å². The first kappa shape index (κ1) is 57.9. The third-order valence-electron chi connectivity index (χ3n) is 12.5. The Morgan fingerprint density at radius 1 is 0.600 bits per heavy atom. The molecule has 0 aromatic rings. The highest BCUT2D eigenvalue weighted by Gasteiger charge is 2.59. The van der Waals surface area contributed by atoms with Gasteiger partial charge in [0, 0.05) is 27.2 Å². The van der Waals surface area contributed by atoms with Crippen LogP contribution in [0.3, 0.4) is 0 Å². The first-order valence-electron chi connectivity index (χ1n) is 22.1. The number of ether oxygens (including phenoxy) is 9. The largest absolute Gasteiger partial charge is 0.477 e. The van der Waals surface area contributed by atoms with Crippen LogP contribution in [0.5, 0.6) is 0 Å². The molecule has 31 nitrogen and oxygen atoms in total. The van der Waals surface area contributed by atoms with Crippen LogP contribution < -0.4 is 16.0 Å². The third kappa shape index (κ3) is 12.6. The molecule has 0 radical (unpaired) electrons. The summed E-state index contributed by atoms with van der Waals surface area (Å²) in [6.07, 6.45) is -43.1. The highest BCUT2D eigenvalue weighted by atomic mass is 16.8. The summed E-state index contributed by atoms with van der Waals surface area (Å²) in [7, 11) is 0. The molecule has 0 saturated carbocycles. The maximum atomic E-state index is 13.0. The molecule has 5 fully saturated rings. The zero-order valence-corrected chi connectivity index (χ0v) is 38.0. The normalized spacial score (nSPS) is 45.5. The number of aliphatic hydroxyl groups excluding tert-OH is 14. The van der Waals surface area contributed by atoms with Crippen molar-refractivity contribution < 1.29 is 138 Å². The van der Waals surface area contributed by atoms with E-state index >= 15 is 0 Å². The molecule has 5 heterocycles. The zero-order valence-electron chi connectivity index (χ0n) is 38.0. The van der Waals surface area contributed by atoms with Crippen LogP contribution in [0.25, 0.3) is 0 Å². The average molecular weight is 1020 g/mol. The van der Waals surface area contributed by atoms with Gasteiger partial charge in [0.1, 0.15) is 110 Å². The summed E-state index contributed by atoms with van der Waals surface area (Å²) >= 11 is 0. The van der Waals surface area contributed by atoms with E-state index in [9.17, 15) is 95.8 Å². The van der Waals surface area contributed by atoms with Gasteiger partial charge >= 0.3 is 5.97 Å². The Morgan fingerprint density at radius 2 is 1.11 bits per heavy atom. The van der Waals surface area contributed by atoms with Crippen LogP contribution >= 0.6 is 0 Å². The number of aliphatic hydroxyl groups is 14. The topological polar surface area (TPSA) is 491 Å². The molecular weight excluding hydrogens is 958 g/mol. The number of carboxylic acid groups (broad SMARTS) is 1. The molecule has 5 aliphatic heterocycles. The molecule has 31 heteroatoms. The van der Waals surface area contributed by atoms with Crippen molar-refractivity contribution in [2.45, 2.75) is 193 Å². The van der Waals surface area contributed by atoms with Gasteiger partial charge in [-0.05, 0) is 6.92 Å². The molecule has 26 atom stereocenters. The number of rotatable bonds is 18. The van der Waals surface area contributed by atoms with Gasteiger partial charge in [0.15, 0.2) is 25.2 Å². The summed E-state index contributed by atoms with van der Waals surface area (Å²) in [5, 5.41) is 167. The van der Waals surface area contributed by atoms with Gasteiger partial charge < -0.3 is 135 Å². The summed E-state index contributed by atoms with van der Waals surface area (Å²) < 4.78 is 52.3. The standard InChI is InChI=1S/C39H65N3O28/c1-10-22(51)26(55)28(57)36(63-10)69-33-21(42-13(4)48)35(66-17(8-45)30(33)67-37-29(58)27(56)24(53)16(7-44)65-37)68-31-20(41-12(3)47)34(59)64-18(25(31)54)9-62-39(38(60)61)5-14(49)19(40-11(2)46)32(70-39)23(52)15(50)6-43/h10,14-37,43-45,49-59H,5-9H2,1-4H3,(H,40,46)(H,41,47)(H,42,48)(H,60,61)/t10-,14-,15+,16+,17+,18+,19+,20+,21+,22+,23+,24-,25-,26+,27-,28-,29+,30+,31+,32+,33+,34-,35-,36-,37-,39+/m0/s1. The van der Waals surface area contributed by atoms with Crippen molar-refractivity contribution in [3.8, 4) is 0 Å². The number of hydrogen-bond acceptors (Lipinski definition) is 27. The van der Waals surface area contributed by atoms with E-state index in [1.54, 1.807) is 0 Å². The fraction of sp³-hybridized carbons (Fsp3) is 0.897. The van der Waals surface area contributed by atoms with Gasteiger partial charge in [-0.1, -0.05) is 0 Å². The zero-order chi connectivity index (χ0) is 52.3. The van der Waals surface area contributed by atoms with Gasteiger partial charge in [-0.2, -0.15) is 0 Å². The van der Waals surface area contributed by atoms with E-state index in [1.807, 2.05) is 0 Å². The van der Waals surface area contributed by atoms with Crippen LogP contribution in [0.2, 0.25) is 0 Å². The summed E-state index contributed by atoms with van der Waals surface area (Å²) in [6, 6.07) is -5.20. The fourth-order valence-corrected chi connectivity index (χ4v) is 8.77. The fourth-order valence-electron chi connectivity index (χ4n) is 8.77. The van der Waals surface area contributed by atoms with Crippen molar-refractivity contribution in [1.29, 1.82) is 0 Å². The van der Waals surface area contributed by atoms with Crippen molar-refractivity contribution in [3.05, 3.63) is 0 Å². The van der Waals surface area contributed by atoms with Crippen molar-refractivity contribution >= 4 is 23.7 Å². The first-order chi connectivity index (χ1) is 32.8. The summed E-state index contributed by atoms with van der Waals surface area (Å²) in [5.74, 6) is -7.48. The van der Waals surface area contributed by atoms with Gasteiger partial charge in [-0.25, -0.2) is 4.79 Å². The molecular formula is C39H65N3O28. The molecule has 0 bridgehead atoms. The molecule has 0 unspecified atom stereocenters. The predicted molar refractivity (Wildman–Crippen MR) is 217 cm³/mol. The molecule has 5 aliphatic rings. The maximum absolute atomic E-state index is 13.0. The van der Waals surface area contributed by atoms with Crippen molar-refractivity contribution in [3.63, 3.8) is 0 Å². The van der Waals surface area contributed by atoms with Crippen LogP contribution in [-0.2, 0) is 61.8 Å². The second kappa shape index (κ2) is 24.3. The van der Waals surface area contributed by atoms with Gasteiger partial charge in [-0.15, -0.1) is 0 Å². The van der Waals surface area contributed by atoms with Crippen molar-refractivity contribution in [2.75, 3.05) is 26.4 Å². The van der Waals surface area contributed by atoms with E-state index in [2.05, 4.69) is 16.0 Å². The Labute approximate surface area is 397 Å². The molecule has 0 spiro atoms. The number of carbonyl (C=O) groups is 4. The lowest BCUT2D eigenvalue weighted by Crippen LogP contribution is -2.72. The maximum Gasteiger partial charge on any atom is 0.364 e. The van der Waals surface area contributed by atoms with E-state index in [1.165, 1.54) is 6.92 Å². The summed E-state index contributed by atoms with van der Waals surface area (Å²) in [5.41, 5.74) is 0. The molecule has 5 rings (SSSR count). The van der Waals surface area contributed by atoms with Crippen molar-refractivity contribution in [2.24, 2.45) is 0 Å². The highest BCUT2D eigenvalue weighted by molar-refractivity contribution is 5.77.